The van der Waals surface area contributed by atoms with Crippen LogP contribution in [0, 0.1) is 6.92 Å². The molecule has 0 atom stereocenters. The third kappa shape index (κ3) is 4.16. The molecule has 0 unspecified atom stereocenters. The topological polar surface area (TPSA) is 58.2 Å². The van der Waals surface area contributed by atoms with Gasteiger partial charge in [-0.3, -0.25) is 20.4 Å². The van der Waals surface area contributed by atoms with Crippen LogP contribution in [0.25, 0.3) is 0 Å². The number of benzene rings is 2. The summed E-state index contributed by atoms with van der Waals surface area (Å²) in [5.74, 6) is -0.620. The van der Waals surface area contributed by atoms with E-state index in [-0.39, 0.29) is 18.2 Å². The van der Waals surface area contributed by atoms with E-state index in [4.69, 9.17) is 0 Å². The number of amides is 2. The lowest BCUT2D eigenvalue weighted by molar-refractivity contribution is -0.121. The third-order valence-electron chi connectivity index (χ3n) is 3.05. The lowest BCUT2D eigenvalue weighted by Gasteiger charge is -2.09. The molecule has 21 heavy (non-hydrogen) atoms. The predicted molar refractivity (Wildman–Crippen MR) is 84.6 cm³/mol. The van der Waals surface area contributed by atoms with Crippen LogP contribution < -0.4 is 10.9 Å². The fraction of sp³-hybridized carbons (Fsp3) is 0.125. The van der Waals surface area contributed by atoms with E-state index in [1.165, 1.54) is 0 Å². The minimum absolute atomic E-state index is 0.225. The van der Waals surface area contributed by atoms with Crippen LogP contribution in [0.5, 0.6) is 0 Å². The fourth-order valence-electron chi connectivity index (χ4n) is 1.86. The molecule has 0 heterocycles. The second-order valence-electron chi connectivity index (χ2n) is 4.59. The zero-order chi connectivity index (χ0) is 15.2. The molecule has 0 aromatic heterocycles. The van der Waals surface area contributed by atoms with Crippen LogP contribution in [0.15, 0.2) is 53.0 Å². The molecule has 0 aliphatic rings. The first-order chi connectivity index (χ1) is 10.1. The molecule has 5 heteroatoms. The third-order valence-corrected chi connectivity index (χ3v) is 3.74. The normalized spacial score (nSPS) is 10.0. The number of carbonyl (C=O) groups is 2. The maximum Gasteiger partial charge on any atom is 0.270 e. The van der Waals surface area contributed by atoms with Gasteiger partial charge < -0.3 is 0 Å². The molecule has 4 nitrogen and oxygen atoms in total. The van der Waals surface area contributed by atoms with Crippen molar-refractivity contribution in [2.24, 2.45) is 0 Å². The van der Waals surface area contributed by atoms with Crippen molar-refractivity contribution < 1.29 is 9.59 Å². The Morgan fingerprint density at radius 3 is 2.38 bits per heavy atom. The highest BCUT2D eigenvalue weighted by Crippen LogP contribution is 2.15. The Morgan fingerprint density at radius 2 is 1.67 bits per heavy atom. The fourth-order valence-corrected chi connectivity index (χ4v) is 2.33. The molecule has 2 aromatic rings. The van der Waals surface area contributed by atoms with Gasteiger partial charge in [-0.15, -0.1) is 0 Å². The van der Waals surface area contributed by atoms with Gasteiger partial charge in [0, 0.05) is 4.47 Å². The first-order valence-electron chi connectivity index (χ1n) is 6.46. The van der Waals surface area contributed by atoms with Crippen molar-refractivity contribution in [2.75, 3.05) is 0 Å². The zero-order valence-corrected chi connectivity index (χ0v) is 13.1. The highest BCUT2D eigenvalue weighted by Gasteiger charge is 2.11. The summed E-state index contributed by atoms with van der Waals surface area (Å²) < 4.78 is 0.677. The number of aryl methyl sites for hydroxylation is 1. The van der Waals surface area contributed by atoms with Gasteiger partial charge in [0.25, 0.3) is 5.91 Å². The molecule has 2 amide bonds. The van der Waals surface area contributed by atoms with Crippen LogP contribution in [0.4, 0.5) is 0 Å². The standard InChI is InChI=1S/C16H15BrN2O2/c1-11-6-2-3-7-12(11)10-15(20)18-19-16(21)13-8-4-5-9-14(13)17/h2-9H,10H2,1H3,(H,18,20)(H,19,21). The highest BCUT2D eigenvalue weighted by molar-refractivity contribution is 9.10. The summed E-state index contributed by atoms with van der Waals surface area (Å²) in [6.07, 6.45) is 0.225. The van der Waals surface area contributed by atoms with Crippen LogP contribution in [-0.4, -0.2) is 11.8 Å². The van der Waals surface area contributed by atoms with Crippen molar-refractivity contribution in [3.05, 3.63) is 69.7 Å². The summed E-state index contributed by atoms with van der Waals surface area (Å²) in [7, 11) is 0. The average molecular weight is 347 g/mol. The Balaban J connectivity index is 1.91. The number of carbonyl (C=O) groups excluding carboxylic acids is 2. The Morgan fingerprint density at radius 1 is 1.00 bits per heavy atom. The molecule has 2 rings (SSSR count). The van der Waals surface area contributed by atoms with E-state index in [0.717, 1.165) is 11.1 Å². The van der Waals surface area contributed by atoms with E-state index in [0.29, 0.717) is 10.0 Å². The Hall–Kier alpha value is -2.14. The Bertz CT molecular complexity index is 671. The SMILES string of the molecule is Cc1ccccc1CC(=O)NNC(=O)c1ccccc1Br. The minimum Gasteiger partial charge on any atom is -0.273 e. The van der Waals surface area contributed by atoms with Crippen molar-refractivity contribution in [3.63, 3.8) is 0 Å². The number of hydrogen-bond donors (Lipinski definition) is 2. The monoisotopic (exact) mass is 346 g/mol. The molecule has 2 N–H and O–H groups in total. The van der Waals surface area contributed by atoms with Crippen molar-refractivity contribution in [2.45, 2.75) is 13.3 Å². The van der Waals surface area contributed by atoms with E-state index in [1.807, 2.05) is 37.3 Å². The second kappa shape index (κ2) is 7.04. The summed E-state index contributed by atoms with van der Waals surface area (Å²) >= 11 is 3.29. The second-order valence-corrected chi connectivity index (χ2v) is 5.44. The molecule has 0 aliphatic carbocycles. The largest absolute Gasteiger partial charge is 0.273 e. The molecule has 0 fully saturated rings. The quantitative estimate of drug-likeness (QED) is 0.839. The van der Waals surface area contributed by atoms with Gasteiger partial charge in [0.2, 0.25) is 5.91 Å². The van der Waals surface area contributed by atoms with Gasteiger partial charge in [0.1, 0.15) is 0 Å². The molecule has 0 radical (unpaired) electrons. The van der Waals surface area contributed by atoms with Crippen molar-refractivity contribution in [1.82, 2.24) is 10.9 Å². The lowest BCUT2D eigenvalue weighted by atomic mass is 10.1. The molecular weight excluding hydrogens is 332 g/mol. The Labute approximate surface area is 131 Å². The maximum absolute atomic E-state index is 11.9. The van der Waals surface area contributed by atoms with Gasteiger partial charge >= 0.3 is 0 Å². The van der Waals surface area contributed by atoms with Crippen LogP contribution in [0.3, 0.4) is 0 Å². The van der Waals surface area contributed by atoms with Crippen LogP contribution in [-0.2, 0) is 11.2 Å². The van der Waals surface area contributed by atoms with E-state index < -0.39 is 0 Å². The molecule has 0 saturated heterocycles. The summed E-state index contributed by atoms with van der Waals surface area (Å²) in [6, 6.07) is 14.7. The lowest BCUT2D eigenvalue weighted by Crippen LogP contribution is -2.42. The van der Waals surface area contributed by atoms with Gasteiger partial charge in [-0.05, 0) is 46.1 Å². The van der Waals surface area contributed by atoms with Crippen molar-refractivity contribution in [3.8, 4) is 0 Å². The number of halogens is 1. The van der Waals surface area contributed by atoms with Gasteiger partial charge in [-0.25, -0.2) is 0 Å². The highest BCUT2D eigenvalue weighted by atomic mass is 79.9. The number of nitrogens with one attached hydrogen (secondary N) is 2. The minimum atomic E-state index is -0.361. The molecular formula is C16H15BrN2O2. The predicted octanol–water partition coefficient (Wildman–Crippen LogP) is 2.76. The molecule has 0 aliphatic heterocycles. The van der Waals surface area contributed by atoms with Crippen LogP contribution in [0.1, 0.15) is 21.5 Å². The smallest absolute Gasteiger partial charge is 0.270 e. The number of rotatable bonds is 3. The van der Waals surface area contributed by atoms with Crippen LogP contribution in [0.2, 0.25) is 0 Å². The van der Waals surface area contributed by atoms with Crippen molar-refractivity contribution in [1.29, 1.82) is 0 Å². The van der Waals surface area contributed by atoms with Gasteiger partial charge in [-0.2, -0.15) is 0 Å². The summed E-state index contributed by atoms with van der Waals surface area (Å²) in [6.45, 7) is 1.95. The van der Waals surface area contributed by atoms with Gasteiger partial charge in [-0.1, -0.05) is 36.4 Å². The zero-order valence-electron chi connectivity index (χ0n) is 11.5. The molecule has 0 bridgehead atoms. The first-order valence-corrected chi connectivity index (χ1v) is 7.25. The maximum atomic E-state index is 11.9. The summed E-state index contributed by atoms with van der Waals surface area (Å²) in [5, 5.41) is 0. The van der Waals surface area contributed by atoms with Crippen LogP contribution >= 0.6 is 15.9 Å². The van der Waals surface area contributed by atoms with Crippen molar-refractivity contribution >= 4 is 27.7 Å². The van der Waals surface area contributed by atoms with Gasteiger partial charge in [0.05, 0.1) is 12.0 Å². The van der Waals surface area contributed by atoms with E-state index in [9.17, 15) is 9.59 Å². The molecule has 0 spiro atoms. The van der Waals surface area contributed by atoms with E-state index in [1.54, 1.807) is 18.2 Å². The first kappa shape index (κ1) is 15.3. The average Bonchev–Trinajstić information content (AvgIpc) is 2.48. The number of hydrogen-bond acceptors (Lipinski definition) is 2. The summed E-state index contributed by atoms with van der Waals surface area (Å²) in [5.41, 5.74) is 7.28. The Kier molecular flexibility index (Phi) is 5.11. The summed E-state index contributed by atoms with van der Waals surface area (Å²) in [4.78, 5) is 23.8. The molecule has 2 aromatic carbocycles. The van der Waals surface area contributed by atoms with E-state index in [2.05, 4.69) is 26.8 Å². The number of hydrazine groups is 1. The molecule has 0 saturated carbocycles. The van der Waals surface area contributed by atoms with E-state index >= 15 is 0 Å². The van der Waals surface area contributed by atoms with Gasteiger partial charge in [0.15, 0.2) is 0 Å². The molecule has 108 valence electrons.